The summed E-state index contributed by atoms with van der Waals surface area (Å²) in [6.07, 6.45) is 8.93. The topological polar surface area (TPSA) is 41.5 Å². The fraction of sp³-hybridized carbons (Fsp3) is 0.778. The fourth-order valence-electron chi connectivity index (χ4n) is 3.62. The van der Waals surface area contributed by atoms with Crippen LogP contribution in [0.5, 0.6) is 0 Å². The Kier molecular flexibility index (Phi) is 5.17. The third-order valence-electron chi connectivity index (χ3n) is 5.65. The van der Waals surface area contributed by atoms with Crippen LogP contribution in [0.3, 0.4) is 0 Å². The van der Waals surface area contributed by atoms with Gasteiger partial charge in [-0.05, 0) is 58.1 Å². The molecule has 0 aromatic carbocycles. The van der Waals surface area contributed by atoms with Crippen molar-refractivity contribution in [3.8, 4) is 0 Å². The van der Waals surface area contributed by atoms with Crippen molar-refractivity contribution in [2.45, 2.75) is 51.7 Å². The van der Waals surface area contributed by atoms with Crippen molar-refractivity contribution in [1.29, 1.82) is 0 Å². The highest BCUT2D eigenvalue weighted by Crippen LogP contribution is 2.41. The van der Waals surface area contributed by atoms with Gasteiger partial charge in [0.2, 0.25) is 5.95 Å². The average molecular weight is 318 g/mol. The molecule has 128 valence electrons. The van der Waals surface area contributed by atoms with Gasteiger partial charge in [-0.3, -0.25) is 0 Å². The first-order valence-electron chi connectivity index (χ1n) is 8.92. The van der Waals surface area contributed by atoms with E-state index in [2.05, 4.69) is 40.7 Å². The van der Waals surface area contributed by atoms with Gasteiger partial charge >= 0.3 is 0 Å². The molecule has 0 saturated carbocycles. The summed E-state index contributed by atoms with van der Waals surface area (Å²) >= 11 is 0. The molecular weight excluding hydrogens is 288 g/mol. The number of anilines is 1. The molecule has 5 nitrogen and oxygen atoms in total. The van der Waals surface area contributed by atoms with E-state index >= 15 is 0 Å². The smallest absolute Gasteiger partial charge is 0.225 e. The number of likely N-dealkylation sites (N-methyl/N-ethyl adjacent to an activating group) is 1. The molecule has 5 heteroatoms. The molecule has 3 heterocycles. The molecule has 0 bridgehead atoms. The van der Waals surface area contributed by atoms with Gasteiger partial charge in [-0.1, -0.05) is 0 Å². The number of rotatable bonds is 4. The maximum absolute atomic E-state index is 6.24. The Morgan fingerprint density at radius 3 is 2.52 bits per heavy atom. The molecule has 2 saturated heterocycles. The lowest BCUT2D eigenvalue weighted by Crippen LogP contribution is -2.48. The molecule has 2 aliphatic rings. The zero-order valence-electron chi connectivity index (χ0n) is 14.7. The number of ether oxygens (including phenoxy) is 1. The van der Waals surface area contributed by atoms with Crippen LogP contribution < -0.4 is 4.90 Å². The van der Waals surface area contributed by atoms with Crippen molar-refractivity contribution in [3.63, 3.8) is 0 Å². The summed E-state index contributed by atoms with van der Waals surface area (Å²) in [5, 5.41) is 0. The Bertz CT molecular complexity index is 475. The minimum Gasteiger partial charge on any atom is -0.376 e. The second kappa shape index (κ2) is 7.14. The first-order chi connectivity index (χ1) is 11.1. The maximum Gasteiger partial charge on any atom is 0.225 e. The molecule has 1 aromatic rings. The monoisotopic (exact) mass is 318 g/mol. The van der Waals surface area contributed by atoms with Crippen LogP contribution in [0.25, 0.3) is 0 Å². The van der Waals surface area contributed by atoms with Crippen molar-refractivity contribution in [2.24, 2.45) is 5.41 Å². The largest absolute Gasteiger partial charge is 0.376 e. The molecule has 1 atom stereocenters. The Hall–Kier alpha value is -1.20. The van der Waals surface area contributed by atoms with Crippen molar-refractivity contribution in [3.05, 3.63) is 18.5 Å². The zero-order valence-corrected chi connectivity index (χ0v) is 14.7. The van der Waals surface area contributed by atoms with Crippen LogP contribution in [0, 0.1) is 5.41 Å². The van der Waals surface area contributed by atoms with Crippen LogP contribution in [0.1, 0.15) is 39.5 Å². The lowest BCUT2D eigenvalue weighted by atomic mass is 9.73. The highest BCUT2D eigenvalue weighted by molar-refractivity contribution is 5.29. The minimum absolute atomic E-state index is 0.387. The molecule has 1 aromatic heterocycles. The third-order valence-corrected chi connectivity index (χ3v) is 5.65. The zero-order chi connectivity index (χ0) is 16.3. The summed E-state index contributed by atoms with van der Waals surface area (Å²) in [5.74, 6) is 0.871. The summed E-state index contributed by atoms with van der Waals surface area (Å²) in [6, 6.07) is 2.46. The number of piperidine rings is 1. The van der Waals surface area contributed by atoms with Crippen molar-refractivity contribution in [1.82, 2.24) is 14.9 Å². The van der Waals surface area contributed by atoms with Gasteiger partial charge in [0.05, 0.1) is 12.7 Å². The standard InChI is InChI=1S/C18H30N4O/c1-15(2)21(3)13-16-5-6-18(14-23-16)7-11-22(12-8-18)17-19-9-4-10-20-17/h4,9-10,15-16H,5-8,11-14H2,1-3H3. The van der Waals surface area contributed by atoms with Gasteiger partial charge in [-0.2, -0.15) is 0 Å². The quantitative estimate of drug-likeness (QED) is 0.853. The van der Waals surface area contributed by atoms with E-state index in [0.29, 0.717) is 17.6 Å². The summed E-state index contributed by atoms with van der Waals surface area (Å²) in [4.78, 5) is 13.4. The number of nitrogens with zero attached hydrogens (tertiary/aromatic N) is 4. The Balaban J connectivity index is 1.48. The predicted molar refractivity (Wildman–Crippen MR) is 92.7 cm³/mol. The number of hydrogen-bond acceptors (Lipinski definition) is 5. The molecule has 0 aliphatic carbocycles. The minimum atomic E-state index is 0.387. The van der Waals surface area contributed by atoms with Crippen molar-refractivity contribution >= 4 is 5.95 Å². The predicted octanol–water partition coefficient (Wildman–Crippen LogP) is 2.58. The molecule has 1 unspecified atom stereocenters. The molecule has 0 amide bonds. The third kappa shape index (κ3) is 4.01. The van der Waals surface area contributed by atoms with Crippen LogP contribution in [0.2, 0.25) is 0 Å². The first-order valence-corrected chi connectivity index (χ1v) is 8.92. The summed E-state index contributed by atoms with van der Waals surface area (Å²) in [7, 11) is 2.19. The SMILES string of the molecule is CC(C)N(C)CC1CCC2(CCN(c3ncccn3)CC2)CO1. The van der Waals surface area contributed by atoms with E-state index in [0.717, 1.165) is 32.2 Å². The van der Waals surface area contributed by atoms with Crippen LogP contribution in [-0.4, -0.2) is 60.3 Å². The summed E-state index contributed by atoms with van der Waals surface area (Å²) in [5.41, 5.74) is 0.387. The molecule has 23 heavy (non-hydrogen) atoms. The lowest BCUT2D eigenvalue weighted by molar-refractivity contribution is -0.0821. The second-order valence-corrected chi connectivity index (χ2v) is 7.54. The molecule has 3 rings (SSSR count). The first kappa shape index (κ1) is 16.7. The normalized spacial score (nSPS) is 24.6. The molecule has 0 radical (unpaired) electrons. The highest BCUT2D eigenvalue weighted by atomic mass is 16.5. The van der Waals surface area contributed by atoms with E-state index in [-0.39, 0.29) is 0 Å². The molecule has 1 spiro atoms. The lowest BCUT2D eigenvalue weighted by Gasteiger charge is -2.46. The van der Waals surface area contributed by atoms with E-state index in [1.807, 2.05) is 18.5 Å². The number of aromatic nitrogens is 2. The van der Waals surface area contributed by atoms with Crippen molar-refractivity contribution in [2.75, 3.05) is 38.2 Å². The van der Waals surface area contributed by atoms with Crippen LogP contribution in [0.4, 0.5) is 5.95 Å². The van der Waals surface area contributed by atoms with Crippen LogP contribution in [0.15, 0.2) is 18.5 Å². The molecule has 0 N–H and O–H groups in total. The van der Waals surface area contributed by atoms with E-state index < -0.39 is 0 Å². The average Bonchev–Trinajstić information content (AvgIpc) is 2.58. The van der Waals surface area contributed by atoms with E-state index in [1.54, 1.807) is 0 Å². The molecule has 2 fully saturated rings. The van der Waals surface area contributed by atoms with Crippen molar-refractivity contribution < 1.29 is 4.74 Å². The van der Waals surface area contributed by atoms with Gasteiger partial charge in [-0.15, -0.1) is 0 Å². The van der Waals surface area contributed by atoms with Gasteiger partial charge in [0.25, 0.3) is 0 Å². The molecule has 2 aliphatic heterocycles. The van der Waals surface area contributed by atoms with Gasteiger partial charge in [0.1, 0.15) is 0 Å². The van der Waals surface area contributed by atoms with Crippen LogP contribution >= 0.6 is 0 Å². The van der Waals surface area contributed by atoms with Crippen LogP contribution in [-0.2, 0) is 4.74 Å². The van der Waals surface area contributed by atoms with Gasteiger partial charge in [-0.25, -0.2) is 9.97 Å². The fourth-order valence-corrected chi connectivity index (χ4v) is 3.62. The Morgan fingerprint density at radius 2 is 1.96 bits per heavy atom. The van der Waals surface area contributed by atoms with E-state index in [1.165, 1.54) is 25.7 Å². The van der Waals surface area contributed by atoms with E-state index in [9.17, 15) is 0 Å². The number of hydrogen-bond donors (Lipinski definition) is 0. The Morgan fingerprint density at radius 1 is 1.26 bits per heavy atom. The summed E-state index contributed by atoms with van der Waals surface area (Å²) < 4.78 is 6.24. The Labute approximate surface area is 140 Å². The second-order valence-electron chi connectivity index (χ2n) is 7.54. The highest BCUT2D eigenvalue weighted by Gasteiger charge is 2.39. The van der Waals surface area contributed by atoms with E-state index in [4.69, 9.17) is 4.74 Å². The summed E-state index contributed by atoms with van der Waals surface area (Å²) in [6.45, 7) is 8.55. The van der Waals surface area contributed by atoms with Gasteiger partial charge in [0, 0.05) is 38.1 Å². The maximum atomic E-state index is 6.24. The van der Waals surface area contributed by atoms with Gasteiger partial charge in [0.15, 0.2) is 0 Å². The van der Waals surface area contributed by atoms with Gasteiger partial charge < -0.3 is 14.5 Å². The molecular formula is C18H30N4O.